The van der Waals surface area contributed by atoms with Gasteiger partial charge in [-0.1, -0.05) is 37.6 Å². The molecule has 1 aromatic heterocycles. The summed E-state index contributed by atoms with van der Waals surface area (Å²) in [5.74, 6) is 0.799. The number of nitrogens with zero attached hydrogens (tertiary/aromatic N) is 3. The lowest BCUT2D eigenvalue weighted by atomic mass is 10.0. The smallest absolute Gasteiger partial charge is 0.273 e. The summed E-state index contributed by atoms with van der Waals surface area (Å²) >= 11 is 6.00. The number of aromatic nitrogens is 1. The molecular formula is C21H31ClN4O2. The topological polar surface area (TPSA) is 61.6 Å². The first-order valence-electron chi connectivity index (χ1n) is 9.62. The van der Waals surface area contributed by atoms with E-state index in [-0.39, 0.29) is 5.91 Å². The number of benzene rings is 1. The van der Waals surface area contributed by atoms with E-state index in [2.05, 4.69) is 36.0 Å². The molecule has 0 saturated heterocycles. The molecule has 7 heteroatoms. The van der Waals surface area contributed by atoms with Gasteiger partial charge in [0.1, 0.15) is 6.26 Å². The van der Waals surface area contributed by atoms with Crippen LogP contribution in [0.25, 0.3) is 0 Å². The van der Waals surface area contributed by atoms with Gasteiger partial charge >= 0.3 is 0 Å². The van der Waals surface area contributed by atoms with Crippen LogP contribution < -0.4 is 5.32 Å². The Bertz CT molecular complexity index is 743. The Balaban J connectivity index is 2.04. The highest BCUT2D eigenvalue weighted by Gasteiger charge is 2.21. The molecule has 0 aliphatic rings. The second kappa shape index (κ2) is 10.6. The van der Waals surface area contributed by atoms with Gasteiger partial charge in [0, 0.05) is 30.7 Å². The normalized spacial score (nSPS) is 12.8. The van der Waals surface area contributed by atoms with Crippen LogP contribution in [-0.2, 0) is 13.1 Å². The van der Waals surface area contributed by atoms with Crippen LogP contribution in [0.15, 0.2) is 34.9 Å². The third kappa shape index (κ3) is 6.93. The molecule has 28 heavy (non-hydrogen) atoms. The van der Waals surface area contributed by atoms with E-state index in [9.17, 15) is 4.79 Å². The van der Waals surface area contributed by atoms with E-state index in [1.54, 1.807) is 0 Å². The molecule has 1 atom stereocenters. The van der Waals surface area contributed by atoms with Crippen LogP contribution in [0.4, 0.5) is 0 Å². The van der Waals surface area contributed by atoms with Gasteiger partial charge in [-0.15, -0.1) is 0 Å². The van der Waals surface area contributed by atoms with Crippen LogP contribution in [0.3, 0.4) is 0 Å². The van der Waals surface area contributed by atoms with Crippen molar-refractivity contribution in [2.75, 3.05) is 27.2 Å². The van der Waals surface area contributed by atoms with Gasteiger partial charge < -0.3 is 14.6 Å². The summed E-state index contributed by atoms with van der Waals surface area (Å²) in [5.41, 5.74) is 1.49. The van der Waals surface area contributed by atoms with Crippen molar-refractivity contribution in [2.45, 2.75) is 39.9 Å². The summed E-state index contributed by atoms with van der Waals surface area (Å²) < 4.78 is 5.59. The number of likely N-dealkylation sites (N-methyl/N-ethyl adjacent to an activating group) is 1. The maximum atomic E-state index is 12.2. The predicted octanol–water partition coefficient (Wildman–Crippen LogP) is 3.67. The third-order valence-electron chi connectivity index (χ3n) is 4.81. The average Bonchev–Trinajstić information content (AvgIpc) is 3.10. The third-order valence-corrected chi connectivity index (χ3v) is 5.06. The van der Waals surface area contributed by atoms with Crippen molar-refractivity contribution in [1.29, 1.82) is 0 Å². The molecule has 0 fully saturated rings. The van der Waals surface area contributed by atoms with Crippen molar-refractivity contribution in [3.63, 3.8) is 0 Å². The Morgan fingerprint density at radius 1 is 1.18 bits per heavy atom. The number of hydrogen-bond acceptors (Lipinski definition) is 5. The molecule has 0 aliphatic carbocycles. The highest BCUT2D eigenvalue weighted by Crippen LogP contribution is 2.19. The number of halogens is 1. The quantitative estimate of drug-likeness (QED) is 0.652. The second-order valence-electron chi connectivity index (χ2n) is 7.70. The van der Waals surface area contributed by atoms with Crippen molar-refractivity contribution in [2.24, 2.45) is 5.92 Å². The van der Waals surface area contributed by atoms with Gasteiger partial charge in [0.25, 0.3) is 5.91 Å². The van der Waals surface area contributed by atoms with E-state index >= 15 is 0 Å². The maximum Gasteiger partial charge on any atom is 0.273 e. The SMILES string of the molecule is CC(C)C(C)N(Cc1ccc(Cl)cc1)Cc1nc(C(=O)NCCN(C)C)co1. The Hall–Kier alpha value is -1.89. The van der Waals surface area contributed by atoms with Gasteiger partial charge in [0.05, 0.1) is 6.54 Å². The first kappa shape index (κ1) is 22.4. The first-order chi connectivity index (χ1) is 13.3. The molecule has 6 nitrogen and oxygen atoms in total. The van der Waals surface area contributed by atoms with Crippen LogP contribution in [-0.4, -0.2) is 53.9 Å². The zero-order valence-corrected chi connectivity index (χ0v) is 18.2. The van der Waals surface area contributed by atoms with Crippen LogP contribution >= 0.6 is 11.6 Å². The minimum atomic E-state index is -0.210. The molecule has 0 bridgehead atoms. The van der Waals surface area contributed by atoms with E-state index in [4.69, 9.17) is 16.0 Å². The van der Waals surface area contributed by atoms with Crippen molar-refractivity contribution < 1.29 is 9.21 Å². The fourth-order valence-corrected chi connectivity index (χ4v) is 2.86. The van der Waals surface area contributed by atoms with Crippen LogP contribution in [0.2, 0.25) is 5.02 Å². The van der Waals surface area contributed by atoms with Gasteiger partial charge in [-0.3, -0.25) is 9.69 Å². The summed E-state index contributed by atoms with van der Waals surface area (Å²) in [6, 6.07) is 8.18. The highest BCUT2D eigenvalue weighted by molar-refractivity contribution is 6.30. The van der Waals surface area contributed by atoms with Crippen molar-refractivity contribution in [3.05, 3.63) is 52.7 Å². The molecule has 1 heterocycles. The molecule has 0 spiro atoms. The fourth-order valence-electron chi connectivity index (χ4n) is 2.73. The summed E-state index contributed by atoms with van der Waals surface area (Å²) in [7, 11) is 3.93. The number of carbonyl (C=O) groups is 1. The Morgan fingerprint density at radius 3 is 2.46 bits per heavy atom. The van der Waals surface area contributed by atoms with Gasteiger partial charge in [-0.25, -0.2) is 4.98 Å². The molecular weight excluding hydrogens is 376 g/mol. The van der Waals surface area contributed by atoms with Gasteiger partial charge in [-0.05, 0) is 44.6 Å². The van der Waals surface area contributed by atoms with Gasteiger partial charge in [0.2, 0.25) is 5.89 Å². The minimum absolute atomic E-state index is 0.210. The fraction of sp³-hybridized carbons (Fsp3) is 0.524. The molecule has 0 saturated carbocycles. The molecule has 0 radical (unpaired) electrons. The van der Waals surface area contributed by atoms with Gasteiger partial charge in [-0.2, -0.15) is 0 Å². The number of carbonyl (C=O) groups excluding carboxylic acids is 1. The lowest BCUT2D eigenvalue weighted by molar-refractivity contribution is 0.0945. The number of nitrogens with one attached hydrogen (secondary N) is 1. The molecule has 154 valence electrons. The van der Waals surface area contributed by atoms with Crippen LogP contribution in [0, 0.1) is 5.92 Å². The number of oxazole rings is 1. The van der Waals surface area contributed by atoms with Crippen LogP contribution in [0.1, 0.15) is 42.7 Å². The molecule has 1 aromatic carbocycles. The zero-order valence-electron chi connectivity index (χ0n) is 17.4. The van der Waals surface area contributed by atoms with Crippen molar-refractivity contribution in [3.8, 4) is 0 Å². The Kier molecular flexibility index (Phi) is 8.48. The largest absolute Gasteiger partial charge is 0.447 e. The van der Waals surface area contributed by atoms with Crippen LogP contribution in [0.5, 0.6) is 0 Å². The number of amides is 1. The number of hydrogen-bond donors (Lipinski definition) is 1. The second-order valence-corrected chi connectivity index (χ2v) is 8.14. The van der Waals surface area contributed by atoms with E-state index in [1.807, 2.05) is 43.3 Å². The molecule has 0 aliphatic heterocycles. The van der Waals surface area contributed by atoms with Crippen molar-refractivity contribution >= 4 is 17.5 Å². The predicted molar refractivity (Wildman–Crippen MR) is 112 cm³/mol. The van der Waals surface area contributed by atoms with E-state index in [0.717, 1.165) is 18.1 Å². The van der Waals surface area contributed by atoms with Crippen molar-refractivity contribution in [1.82, 2.24) is 20.1 Å². The van der Waals surface area contributed by atoms with E-state index in [0.29, 0.717) is 36.6 Å². The lowest BCUT2D eigenvalue weighted by Gasteiger charge is -2.30. The van der Waals surface area contributed by atoms with Gasteiger partial charge in [0.15, 0.2) is 5.69 Å². The van der Waals surface area contributed by atoms with E-state index < -0.39 is 0 Å². The maximum absolute atomic E-state index is 12.2. The van der Waals surface area contributed by atoms with E-state index in [1.165, 1.54) is 11.8 Å². The minimum Gasteiger partial charge on any atom is -0.447 e. The first-order valence-corrected chi connectivity index (χ1v) is 10.00. The monoisotopic (exact) mass is 406 g/mol. The molecule has 2 aromatic rings. The molecule has 2 rings (SSSR count). The molecule has 1 unspecified atom stereocenters. The Labute approximate surface area is 172 Å². The number of rotatable bonds is 10. The summed E-state index contributed by atoms with van der Waals surface area (Å²) in [6.45, 7) is 9.21. The lowest BCUT2D eigenvalue weighted by Crippen LogP contribution is -2.36. The summed E-state index contributed by atoms with van der Waals surface area (Å²) in [5, 5.41) is 3.58. The Morgan fingerprint density at radius 2 is 1.86 bits per heavy atom. The summed E-state index contributed by atoms with van der Waals surface area (Å²) in [4.78, 5) is 20.9. The molecule has 1 amide bonds. The highest BCUT2D eigenvalue weighted by atomic mass is 35.5. The average molecular weight is 407 g/mol. The summed E-state index contributed by atoms with van der Waals surface area (Å²) in [6.07, 6.45) is 1.43. The molecule has 1 N–H and O–H groups in total. The standard InChI is InChI=1S/C21H31ClN4O2/c1-15(2)16(3)26(12-17-6-8-18(22)9-7-17)13-20-24-19(14-28-20)21(27)23-10-11-25(4)5/h6-9,14-16H,10-13H2,1-5H3,(H,23,27). The zero-order chi connectivity index (χ0) is 20.7.